The van der Waals surface area contributed by atoms with Crippen molar-refractivity contribution in [2.75, 3.05) is 5.32 Å². The molecule has 2 rings (SSSR count). The number of rotatable bonds is 2. The van der Waals surface area contributed by atoms with Gasteiger partial charge in [-0.05, 0) is 61.6 Å². The number of aromatic nitrogens is 2. The van der Waals surface area contributed by atoms with E-state index in [0.29, 0.717) is 0 Å². The van der Waals surface area contributed by atoms with Crippen LogP contribution in [0.25, 0.3) is 11.1 Å². The normalized spacial score (nSPS) is 12.3. The molecule has 1 aromatic carbocycles. The molecule has 0 saturated carbocycles. The lowest BCUT2D eigenvalue weighted by molar-refractivity contribution is -0.167. The first-order valence-corrected chi connectivity index (χ1v) is 7.94. The monoisotopic (exact) mass is 453 g/mol. The van der Waals surface area contributed by atoms with E-state index in [4.69, 9.17) is 0 Å². The number of alkyl halides is 3. The van der Waals surface area contributed by atoms with Crippen molar-refractivity contribution >= 4 is 34.3 Å². The summed E-state index contributed by atoms with van der Waals surface area (Å²) in [5, 5.41) is 16.0. The molecule has 0 atom stereocenters. The number of anilines is 1. The van der Waals surface area contributed by atoms with Gasteiger partial charge in [-0.1, -0.05) is 0 Å². The molecular formula is C15H15F3IN3O2. The highest BCUT2D eigenvalue weighted by molar-refractivity contribution is 14.1. The van der Waals surface area contributed by atoms with Crippen LogP contribution in [0.3, 0.4) is 0 Å². The van der Waals surface area contributed by atoms with Crippen molar-refractivity contribution in [3.63, 3.8) is 0 Å². The molecule has 2 N–H and O–H groups in total. The lowest BCUT2D eigenvalue weighted by Gasteiger charge is -2.23. The predicted octanol–water partition coefficient (Wildman–Crippen LogP) is 4.12. The van der Waals surface area contributed by atoms with Gasteiger partial charge < -0.3 is 10.4 Å². The van der Waals surface area contributed by atoms with Crippen molar-refractivity contribution < 1.29 is 23.1 Å². The zero-order chi connectivity index (χ0) is 18.3. The fraction of sp³-hybridized carbons (Fsp3) is 0.333. The molecule has 5 nitrogen and oxygen atoms in total. The minimum atomic E-state index is -5.03. The number of phenolic OH excluding ortho intramolecular Hbond substituents is 1. The van der Waals surface area contributed by atoms with Crippen LogP contribution in [0.5, 0.6) is 5.75 Å². The van der Waals surface area contributed by atoms with Gasteiger partial charge in [-0.3, -0.25) is 4.79 Å². The van der Waals surface area contributed by atoms with Crippen LogP contribution in [0.2, 0.25) is 0 Å². The molecule has 0 radical (unpaired) electrons. The third kappa shape index (κ3) is 3.82. The van der Waals surface area contributed by atoms with Gasteiger partial charge in [0.05, 0.1) is 11.7 Å². The Morgan fingerprint density at radius 1 is 1.25 bits per heavy atom. The lowest BCUT2D eigenvalue weighted by atomic mass is 10.1. The maximum absolute atomic E-state index is 12.7. The predicted molar refractivity (Wildman–Crippen MR) is 91.7 cm³/mol. The second-order valence-corrected chi connectivity index (χ2v) is 7.35. The molecule has 1 amide bonds. The number of phenols is 1. The largest absolute Gasteiger partial charge is 0.507 e. The van der Waals surface area contributed by atoms with E-state index in [1.807, 2.05) is 27.9 Å². The van der Waals surface area contributed by atoms with E-state index in [9.17, 15) is 23.1 Å². The molecule has 2 aromatic rings. The number of nitrogens with zero attached hydrogens (tertiary/aromatic N) is 2. The highest BCUT2D eigenvalue weighted by Crippen LogP contribution is 2.38. The quantitative estimate of drug-likeness (QED) is 0.673. The molecule has 0 unspecified atom stereocenters. The van der Waals surface area contributed by atoms with Crippen LogP contribution in [0.15, 0.2) is 24.4 Å². The summed E-state index contributed by atoms with van der Waals surface area (Å²) in [5.41, 5.74) is -0.183. The van der Waals surface area contributed by atoms with E-state index in [1.165, 1.54) is 16.9 Å². The first-order chi connectivity index (χ1) is 10.9. The number of amides is 1. The van der Waals surface area contributed by atoms with Crippen LogP contribution in [0.1, 0.15) is 20.8 Å². The summed E-state index contributed by atoms with van der Waals surface area (Å²) in [6.45, 7) is 5.21. The summed E-state index contributed by atoms with van der Waals surface area (Å²) in [6, 6.07) is 4.69. The van der Waals surface area contributed by atoms with Gasteiger partial charge in [-0.25, -0.2) is 4.68 Å². The number of hydrogen-bond donors (Lipinski definition) is 2. The molecule has 0 spiro atoms. The van der Waals surface area contributed by atoms with Crippen LogP contribution >= 0.6 is 22.6 Å². The summed E-state index contributed by atoms with van der Waals surface area (Å²) in [4.78, 5) is 11.4. The minimum Gasteiger partial charge on any atom is -0.507 e. The van der Waals surface area contributed by atoms with Crippen LogP contribution in [-0.4, -0.2) is 27.0 Å². The summed E-state index contributed by atoms with van der Waals surface area (Å²) in [6.07, 6.45) is -3.71. The summed E-state index contributed by atoms with van der Waals surface area (Å²) < 4.78 is 40.0. The molecule has 9 heteroatoms. The average Bonchev–Trinajstić information content (AvgIpc) is 2.84. The number of carbonyl (C=O) groups excluding carboxylic acids is 1. The maximum Gasteiger partial charge on any atom is 0.471 e. The van der Waals surface area contributed by atoms with Crippen molar-refractivity contribution in [3.05, 3.63) is 28.0 Å². The summed E-state index contributed by atoms with van der Waals surface area (Å²) >= 11 is 2.02. The molecular weight excluding hydrogens is 438 g/mol. The van der Waals surface area contributed by atoms with Crippen LogP contribution in [0.4, 0.5) is 19.0 Å². The zero-order valence-electron chi connectivity index (χ0n) is 13.1. The summed E-state index contributed by atoms with van der Waals surface area (Å²) in [7, 11) is 0. The van der Waals surface area contributed by atoms with Gasteiger partial charge in [0.15, 0.2) is 0 Å². The van der Waals surface area contributed by atoms with Gasteiger partial charge in [0.1, 0.15) is 11.6 Å². The van der Waals surface area contributed by atoms with Crippen molar-refractivity contribution in [3.8, 4) is 16.9 Å². The van der Waals surface area contributed by atoms with Gasteiger partial charge in [0, 0.05) is 14.7 Å². The van der Waals surface area contributed by atoms with Crippen LogP contribution < -0.4 is 5.32 Å². The van der Waals surface area contributed by atoms with Gasteiger partial charge >= 0.3 is 12.1 Å². The van der Waals surface area contributed by atoms with E-state index in [2.05, 4.69) is 5.10 Å². The fourth-order valence-electron chi connectivity index (χ4n) is 2.08. The molecule has 130 valence electrons. The number of nitrogens with one attached hydrogen (secondary N) is 1. The SMILES string of the molecule is CC(C)(C)n1ncc(-c2cc(I)ccc2O)c1NC(=O)C(F)(F)F. The molecule has 0 saturated heterocycles. The Kier molecular flexibility index (Phi) is 4.84. The molecule has 0 aliphatic carbocycles. The van der Waals surface area contributed by atoms with Crippen LogP contribution in [-0.2, 0) is 10.3 Å². The standard InChI is InChI=1S/C15H15F3IN3O2/c1-14(2,3)22-12(21-13(24)15(16,17)18)10(7-20-22)9-6-8(19)4-5-11(9)23/h4-7,23H,1-3H3,(H,21,24). The zero-order valence-corrected chi connectivity index (χ0v) is 15.2. The average molecular weight is 453 g/mol. The number of hydrogen-bond acceptors (Lipinski definition) is 3. The van der Waals surface area contributed by atoms with Crippen LogP contribution in [0, 0.1) is 3.57 Å². The molecule has 0 aliphatic rings. The van der Waals surface area contributed by atoms with Gasteiger partial charge in [-0.15, -0.1) is 0 Å². The third-order valence-corrected chi connectivity index (χ3v) is 3.81. The smallest absolute Gasteiger partial charge is 0.471 e. The number of aromatic hydroxyl groups is 1. The molecule has 0 fully saturated rings. The second kappa shape index (κ2) is 6.26. The van der Waals surface area contributed by atoms with E-state index in [1.54, 1.807) is 32.9 Å². The first-order valence-electron chi connectivity index (χ1n) is 6.87. The van der Waals surface area contributed by atoms with Crippen molar-refractivity contribution in [2.24, 2.45) is 0 Å². The van der Waals surface area contributed by atoms with E-state index in [0.717, 1.165) is 3.57 Å². The highest BCUT2D eigenvalue weighted by Gasteiger charge is 2.40. The Labute approximate surface area is 150 Å². The first kappa shape index (κ1) is 18.6. The van der Waals surface area contributed by atoms with E-state index >= 15 is 0 Å². The highest BCUT2D eigenvalue weighted by atomic mass is 127. The third-order valence-electron chi connectivity index (χ3n) is 3.14. The summed E-state index contributed by atoms with van der Waals surface area (Å²) in [5.74, 6) is -2.34. The van der Waals surface area contributed by atoms with Crippen molar-refractivity contribution in [2.45, 2.75) is 32.5 Å². The van der Waals surface area contributed by atoms with E-state index in [-0.39, 0.29) is 22.7 Å². The maximum atomic E-state index is 12.7. The van der Waals surface area contributed by atoms with Crippen molar-refractivity contribution in [1.29, 1.82) is 0 Å². The number of halogens is 4. The fourth-order valence-corrected chi connectivity index (χ4v) is 2.57. The molecule has 24 heavy (non-hydrogen) atoms. The Morgan fingerprint density at radius 3 is 2.42 bits per heavy atom. The topological polar surface area (TPSA) is 67.2 Å². The minimum absolute atomic E-state index is 0.119. The van der Waals surface area contributed by atoms with Gasteiger partial charge in [0.2, 0.25) is 0 Å². The molecule has 0 bridgehead atoms. The number of carbonyl (C=O) groups is 1. The second-order valence-electron chi connectivity index (χ2n) is 6.10. The molecule has 1 heterocycles. The Hall–Kier alpha value is -1.78. The van der Waals surface area contributed by atoms with E-state index < -0.39 is 17.6 Å². The lowest BCUT2D eigenvalue weighted by Crippen LogP contribution is -2.33. The number of benzene rings is 1. The van der Waals surface area contributed by atoms with Crippen molar-refractivity contribution in [1.82, 2.24) is 9.78 Å². The van der Waals surface area contributed by atoms with Gasteiger partial charge in [-0.2, -0.15) is 18.3 Å². The Balaban J connectivity index is 2.63. The Morgan fingerprint density at radius 2 is 1.88 bits per heavy atom. The molecule has 0 aliphatic heterocycles. The van der Waals surface area contributed by atoms with Gasteiger partial charge in [0.25, 0.3) is 0 Å². The Bertz CT molecular complexity index is 779. The molecule has 1 aromatic heterocycles.